The third-order valence-corrected chi connectivity index (χ3v) is 3.06. The Bertz CT molecular complexity index is 607. The van der Waals surface area contributed by atoms with Crippen LogP contribution in [0.3, 0.4) is 0 Å². The molecule has 0 aliphatic rings. The number of anilines is 1. The molecule has 5 heteroatoms. The summed E-state index contributed by atoms with van der Waals surface area (Å²) < 4.78 is 2.22. The van der Waals surface area contributed by atoms with Gasteiger partial charge in [-0.2, -0.15) is 9.78 Å². The van der Waals surface area contributed by atoms with Crippen molar-refractivity contribution in [2.45, 2.75) is 6.92 Å². The fourth-order valence-electron chi connectivity index (χ4n) is 1.51. The Labute approximate surface area is 107 Å². The van der Waals surface area contributed by atoms with E-state index in [2.05, 4.69) is 26.3 Å². The Hall–Kier alpha value is -1.62. The first kappa shape index (κ1) is 11.9. The maximum atomic E-state index is 11.9. The summed E-state index contributed by atoms with van der Waals surface area (Å²) in [7, 11) is 1.75. The highest BCUT2D eigenvalue weighted by Crippen LogP contribution is 2.20. The number of benzene rings is 1. The quantitative estimate of drug-likeness (QED) is 0.925. The molecule has 2 rings (SSSR count). The first-order chi connectivity index (χ1) is 8.11. The molecule has 2 aromatic rings. The van der Waals surface area contributed by atoms with Crippen LogP contribution in [0.1, 0.15) is 5.56 Å². The zero-order valence-corrected chi connectivity index (χ0v) is 11.2. The molecular weight excluding hydrogens is 282 g/mol. The van der Waals surface area contributed by atoms with E-state index in [1.807, 2.05) is 25.1 Å². The minimum absolute atomic E-state index is 0.165. The Morgan fingerprint density at radius 1 is 1.35 bits per heavy atom. The molecule has 1 heterocycles. The maximum absolute atomic E-state index is 11.9. The van der Waals surface area contributed by atoms with Crippen LogP contribution >= 0.6 is 15.9 Å². The molecule has 4 nitrogen and oxygen atoms in total. The number of hydrogen-bond donors (Lipinski definition) is 1. The highest BCUT2D eigenvalue weighted by atomic mass is 79.9. The van der Waals surface area contributed by atoms with Crippen molar-refractivity contribution in [3.63, 3.8) is 0 Å². The molecule has 17 heavy (non-hydrogen) atoms. The molecule has 0 aliphatic carbocycles. The number of hydrogen-bond acceptors (Lipinski definition) is 3. The van der Waals surface area contributed by atoms with Gasteiger partial charge in [0.15, 0.2) is 0 Å². The average Bonchev–Trinajstić information content (AvgIpc) is 2.30. The summed E-state index contributed by atoms with van der Waals surface area (Å²) in [6, 6.07) is 7.28. The van der Waals surface area contributed by atoms with E-state index in [0.29, 0.717) is 5.69 Å². The topological polar surface area (TPSA) is 46.9 Å². The van der Waals surface area contributed by atoms with Crippen molar-refractivity contribution in [2.75, 3.05) is 12.4 Å². The van der Waals surface area contributed by atoms with E-state index < -0.39 is 0 Å². The summed E-state index contributed by atoms with van der Waals surface area (Å²) >= 11 is 3.44. The van der Waals surface area contributed by atoms with Gasteiger partial charge in [0.1, 0.15) is 0 Å². The fourth-order valence-corrected chi connectivity index (χ4v) is 2.17. The van der Waals surface area contributed by atoms with Crippen molar-refractivity contribution in [3.8, 4) is 5.69 Å². The van der Waals surface area contributed by atoms with E-state index >= 15 is 0 Å². The van der Waals surface area contributed by atoms with E-state index in [4.69, 9.17) is 0 Å². The van der Waals surface area contributed by atoms with Crippen molar-refractivity contribution < 1.29 is 0 Å². The van der Waals surface area contributed by atoms with Crippen LogP contribution in [-0.4, -0.2) is 16.8 Å². The van der Waals surface area contributed by atoms with E-state index in [-0.39, 0.29) is 5.56 Å². The largest absolute Gasteiger partial charge is 0.387 e. The number of halogens is 1. The summed E-state index contributed by atoms with van der Waals surface area (Å²) in [6.07, 6.45) is 1.62. The van der Waals surface area contributed by atoms with Crippen molar-refractivity contribution in [2.24, 2.45) is 0 Å². The van der Waals surface area contributed by atoms with Crippen LogP contribution in [0.5, 0.6) is 0 Å². The lowest BCUT2D eigenvalue weighted by molar-refractivity contribution is 0.804. The second-order valence-corrected chi connectivity index (χ2v) is 4.55. The molecule has 1 aromatic carbocycles. The molecule has 0 atom stereocenters. The van der Waals surface area contributed by atoms with E-state index in [1.54, 1.807) is 13.2 Å². The number of nitrogens with one attached hydrogen (secondary N) is 1. The Kier molecular flexibility index (Phi) is 3.28. The monoisotopic (exact) mass is 293 g/mol. The predicted molar refractivity (Wildman–Crippen MR) is 71.8 cm³/mol. The van der Waals surface area contributed by atoms with Crippen LogP contribution in [0.15, 0.2) is 39.7 Å². The molecule has 0 saturated heterocycles. The molecule has 0 bridgehead atoms. The van der Waals surface area contributed by atoms with E-state index in [0.717, 1.165) is 15.7 Å². The zero-order chi connectivity index (χ0) is 12.4. The van der Waals surface area contributed by atoms with Crippen molar-refractivity contribution in [1.29, 1.82) is 0 Å². The highest BCUT2D eigenvalue weighted by molar-refractivity contribution is 9.10. The lowest BCUT2D eigenvalue weighted by Gasteiger charge is -2.08. The molecule has 88 valence electrons. The first-order valence-corrected chi connectivity index (χ1v) is 5.95. The molecule has 1 N–H and O–H groups in total. The van der Waals surface area contributed by atoms with Crippen LogP contribution in [0.4, 0.5) is 5.69 Å². The van der Waals surface area contributed by atoms with Crippen LogP contribution in [0.25, 0.3) is 5.69 Å². The lowest BCUT2D eigenvalue weighted by Crippen LogP contribution is -2.20. The van der Waals surface area contributed by atoms with Gasteiger partial charge in [0.25, 0.3) is 5.56 Å². The van der Waals surface area contributed by atoms with Crippen LogP contribution in [-0.2, 0) is 0 Å². The standard InChI is InChI=1S/C12H12BrN3O/c1-8-3-4-11(10(13)5-8)16-12(17)6-9(14-2)7-15-16/h3-7,14H,1-2H3. The lowest BCUT2D eigenvalue weighted by atomic mass is 10.2. The fraction of sp³-hybridized carbons (Fsp3) is 0.167. The van der Waals surface area contributed by atoms with Gasteiger partial charge in [-0.05, 0) is 40.5 Å². The van der Waals surface area contributed by atoms with Crippen LogP contribution < -0.4 is 10.9 Å². The minimum Gasteiger partial charge on any atom is -0.387 e. The third-order valence-electron chi connectivity index (χ3n) is 2.42. The highest BCUT2D eigenvalue weighted by Gasteiger charge is 2.06. The number of aryl methyl sites for hydroxylation is 1. The molecular formula is C12H12BrN3O. The van der Waals surface area contributed by atoms with Gasteiger partial charge in [-0.1, -0.05) is 6.07 Å². The summed E-state index contributed by atoms with van der Waals surface area (Å²) in [5.74, 6) is 0. The van der Waals surface area contributed by atoms with Crippen molar-refractivity contribution in [1.82, 2.24) is 9.78 Å². The minimum atomic E-state index is -0.165. The Morgan fingerprint density at radius 2 is 2.12 bits per heavy atom. The molecule has 0 fully saturated rings. The van der Waals surface area contributed by atoms with E-state index in [1.165, 1.54) is 10.7 Å². The second kappa shape index (κ2) is 4.71. The molecule has 0 spiro atoms. The molecule has 0 aliphatic heterocycles. The SMILES string of the molecule is CNc1cnn(-c2ccc(C)cc2Br)c(=O)c1. The normalized spacial score (nSPS) is 10.3. The summed E-state index contributed by atoms with van der Waals surface area (Å²) in [5.41, 5.74) is 2.40. The number of rotatable bonds is 2. The average molecular weight is 294 g/mol. The van der Waals surface area contributed by atoms with Gasteiger partial charge in [-0.15, -0.1) is 0 Å². The van der Waals surface area contributed by atoms with E-state index in [9.17, 15) is 4.79 Å². The van der Waals surface area contributed by atoms with Gasteiger partial charge in [0.2, 0.25) is 0 Å². The Balaban J connectivity index is 2.57. The van der Waals surface area contributed by atoms with Gasteiger partial charge in [0.05, 0.1) is 17.6 Å². The van der Waals surface area contributed by atoms with Crippen molar-refractivity contribution >= 4 is 21.6 Å². The van der Waals surface area contributed by atoms with Gasteiger partial charge in [-0.3, -0.25) is 4.79 Å². The number of aromatic nitrogens is 2. The van der Waals surface area contributed by atoms with Crippen molar-refractivity contribution in [3.05, 3.63) is 50.9 Å². The van der Waals surface area contributed by atoms with Gasteiger partial charge >= 0.3 is 0 Å². The maximum Gasteiger partial charge on any atom is 0.273 e. The van der Waals surface area contributed by atoms with Gasteiger partial charge < -0.3 is 5.32 Å². The zero-order valence-electron chi connectivity index (χ0n) is 9.57. The molecule has 0 saturated carbocycles. The van der Waals surface area contributed by atoms with Gasteiger partial charge in [0, 0.05) is 17.6 Å². The third kappa shape index (κ3) is 2.39. The molecule has 1 aromatic heterocycles. The van der Waals surface area contributed by atoms with Crippen LogP contribution in [0, 0.1) is 6.92 Å². The predicted octanol–water partition coefficient (Wildman–Crippen LogP) is 2.35. The number of nitrogens with zero attached hydrogens (tertiary/aromatic N) is 2. The molecule has 0 unspecified atom stereocenters. The second-order valence-electron chi connectivity index (χ2n) is 3.70. The molecule has 0 amide bonds. The van der Waals surface area contributed by atoms with Gasteiger partial charge in [-0.25, -0.2) is 0 Å². The summed E-state index contributed by atoms with van der Waals surface area (Å²) in [4.78, 5) is 11.9. The summed E-state index contributed by atoms with van der Waals surface area (Å²) in [6.45, 7) is 1.99. The first-order valence-electron chi connectivity index (χ1n) is 5.15. The molecule has 0 radical (unpaired) electrons. The smallest absolute Gasteiger partial charge is 0.273 e. The van der Waals surface area contributed by atoms with Crippen LogP contribution in [0.2, 0.25) is 0 Å². The summed E-state index contributed by atoms with van der Waals surface area (Å²) in [5, 5.41) is 7.00. The Morgan fingerprint density at radius 3 is 2.71 bits per heavy atom.